The fraction of sp³-hybridized carbons (Fsp3) is 0.846. The van der Waals surface area contributed by atoms with E-state index < -0.39 is 0 Å². The lowest BCUT2D eigenvalue weighted by molar-refractivity contribution is -0.0307. The van der Waals surface area contributed by atoms with Gasteiger partial charge in [-0.1, -0.05) is 6.92 Å². The molecule has 1 fully saturated rings. The van der Waals surface area contributed by atoms with Gasteiger partial charge in [0, 0.05) is 31.1 Å². The van der Waals surface area contributed by atoms with Gasteiger partial charge in [-0.05, 0) is 20.4 Å². The van der Waals surface area contributed by atoms with Crippen molar-refractivity contribution in [3.63, 3.8) is 0 Å². The molecule has 1 N–H and O–H groups in total. The Morgan fingerprint density at radius 1 is 1.50 bits per heavy atom. The summed E-state index contributed by atoms with van der Waals surface area (Å²) in [7, 11) is 2.00. The highest BCUT2D eigenvalue weighted by Crippen LogP contribution is 2.26. The standard InChI is InChI=1S/C13H24N2O/c1-5-7-12(14-4)13(3,6-2)15-8-10-16-11-9-15/h1,12,14H,6-11H2,2-4H3. The molecule has 1 aliphatic heterocycles. The molecule has 0 aliphatic carbocycles. The first-order valence-corrected chi connectivity index (χ1v) is 6.12. The summed E-state index contributed by atoms with van der Waals surface area (Å²) in [4.78, 5) is 2.51. The van der Waals surface area contributed by atoms with Gasteiger partial charge >= 0.3 is 0 Å². The fourth-order valence-electron chi connectivity index (χ4n) is 2.52. The molecule has 1 saturated heterocycles. The van der Waals surface area contributed by atoms with E-state index in [0.29, 0.717) is 6.04 Å². The highest BCUT2D eigenvalue weighted by atomic mass is 16.5. The molecule has 0 spiro atoms. The minimum absolute atomic E-state index is 0.130. The van der Waals surface area contributed by atoms with Crippen molar-refractivity contribution >= 4 is 0 Å². The van der Waals surface area contributed by atoms with Crippen LogP contribution in [-0.2, 0) is 4.74 Å². The van der Waals surface area contributed by atoms with Gasteiger partial charge in [0.2, 0.25) is 0 Å². The minimum atomic E-state index is 0.130. The lowest BCUT2D eigenvalue weighted by atomic mass is 9.85. The number of ether oxygens (including phenoxy) is 1. The normalized spacial score (nSPS) is 23.4. The predicted molar refractivity (Wildman–Crippen MR) is 67.4 cm³/mol. The Morgan fingerprint density at radius 3 is 2.56 bits per heavy atom. The lowest BCUT2D eigenvalue weighted by Gasteiger charge is -2.47. The molecule has 3 heteroatoms. The molecule has 1 aliphatic rings. The summed E-state index contributed by atoms with van der Waals surface area (Å²) in [6.45, 7) is 8.22. The van der Waals surface area contributed by atoms with Gasteiger partial charge in [0.1, 0.15) is 0 Å². The first-order valence-electron chi connectivity index (χ1n) is 6.12. The van der Waals surface area contributed by atoms with Crippen LogP contribution in [0.2, 0.25) is 0 Å². The highest BCUT2D eigenvalue weighted by molar-refractivity contribution is 5.02. The molecule has 0 aromatic heterocycles. The van der Waals surface area contributed by atoms with Crippen LogP contribution in [0, 0.1) is 12.3 Å². The average molecular weight is 224 g/mol. The molecule has 2 atom stereocenters. The van der Waals surface area contributed by atoms with E-state index in [4.69, 9.17) is 11.2 Å². The molecule has 16 heavy (non-hydrogen) atoms. The number of nitrogens with zero attached hydrogens (tertiary/aromatic N) is 1. The number of terminal acetylenes is 1. The summed E-state index contributed by atoms with van der Waals surface area (Å²) in [6.07, 6.45) is 7.33. The van der Waals surface area contributed by atoms with Gasteiger partial charge in [-0.25, -0.2) is 0 Å². The maximum absolute atomic E-state index is 5.45. The summed E-state index contributed by atoms with van der Waals surface area (Å²) in [5, 5.41) is 3.37. The maximum Gasteiger partial charge on any atom is 0.0594 e. The van der Waals surface area contributed by atoms with Crippen molar-refractivity contribution in [3.8, 4) is 12.3 Å². The zero-order valence-corrected chi connectivity index (χ0v) is 10.8. The monoisotopic (exact) mass is 224 g/mol. The second-order valence-corrected chi connectivity index (χ2v) is 4.56. The van der Waals surface area contributed by atoms with Crippen molar-refractivity contribution in [2.45, 2.75) is 38.3 Å². The van der Waals surface area contributed by atoms with E-state index in [0.717, 1.165) is 39.1 Å². The molecule has 1 heterocycles. The van der Waals surface area contributed by atoms with Crippen LogP contribution in [0.1, 0.15) is 26.7 Å². The summed E-state index contributed by atoms with van der Waals surface area (Å²) >= 11 is 0. The van der Waals surface area contributed by atoms with E-state index in [9.17, 15) is 0 Å². The van der Waals surface area contributed by atoms with E-state index >= 15 is 0 Å². The summed E-state index contributed by atoms with van der Waals surface area (Å²) < 4.78 is 5.41. The molecular formula is C13H24N2O. The van der Waals surface area contributed by atoms with Crippen LogP contribution in [-0.4, -0.2) is 49.8 Å². The molecule has 0 amide bonds. The molecule has 2 unspecified atom stereocenters. The van der Waals surface area contributed by atoms with Crippen LogP contribution >= 0.6 is 0 Å². The summed E-state index contributed by atoms with van der Waals surface area (Å²) in [5.41, 5.74) is 0.130. The summed E-state index contributed by atoms with van der Waals surface area (Å²) in [6, 6.07) is 0.348. The number of rotatable bonds is 5. The molecule has 1 rings (SSSR count). The number of hydrogen-bond acceptors (Lipinski definition) is 3. The number of likely N-dealkylation sites (N-methyl/N-ethyl adjacent to an activating group) is 1. The van der Waals surface area contributed by atoms with E-state index in [1.54, 1.807) is 0 Å². The largest absolute Gasteiger partial charge is 0.379 e. The topological polar surface area (TPSA) is 24.5 Å². The molecule has 0 aromatic carbocycles. The smallest absolute Gasteiger partial charge is 0.0594 e. The third-order valence-electron chi connectivity index (χ3n) is 3.87. The Labute approximate surface area is 99.5 Å². The Bertz CT molecular complexity index is 243. The highest BCUT2D eigenvalue weighted by Gasteiger charge is 2.37. The number of hydrogen-bond donors (Lipinski definition) is 1. The third kappa shape index (κ3) is 2.76. The van der Waals surface area contributed by atoms with E-state index in [-0.39, 0.29) is 5.54 Å². The van der Waals surface area contributed by atoms with Crippen LogP contribution in [0.4, 0.5) is 0 Å². The van der Waals surface area contributed by atoms with Gasteiger partial charge in [0.05, 0.1) is 13.2 Å². The van der Waals surface area contributed by atoms with Crippen LogP contribution in [0.3, 0.4) is 0 Å². The Kier molecular flexibility index (Phi) is 5.27. The van der Waals surface area contributed by atoms with Gasteiger partial charge in [-0.15, -0.1) is 12.3 Å². The van der Waals surface area contributed by atoms with Gasteiger partial charge in [-0.2, -0.15) is 0 Å². The maximum atomic E-state index is 5.45. The predicted octanol–water partition coefficient (Wildman–Crippen LogP) is 1.10. The lowest BCUT2D eigenvalue weighted by Crippen LogP contribution is -2.61. The van der Waals surface area contributed by atoms with E-state index in [2.05, 4.69) is 30.0 Å². The molecule has 92 valence electrons. The van der Waals surface area contributed by atoms with Crippen LogP contribution in [0.15, 0.2) is 0 Å². The van der Waals surface area contributed by atoms with Gasteiger partial charge in [-0.3, -0.25) is 4.90 Å². The molecule has 0 saturated carbocycles. The van der Waals surface area contributed by atoms with Crippen molar-refractivity contribution in [2.75, 3.05) is 33.4 Å². The van der Waals surface area contributed by atoms with Crippen LogP contribution < -0.4 is 5.32 Å². The number of morpholine rings is 1. The van der Waals surface area contributed by atoms with Gasteiger partial charge in [0.25, 0.3) is 0 Å². The molecular weight excluding hydrogens is 200 g/mol. The SMILES string of the molecule is C#CCC(NC)C(C)(CC)N1CCOCC1. The van der Waals surface area contributed by atoms with Crippen LogP contribution in [0.25, 0.3) is 0 Å². The van der Waals surface area contributed by atoms with Crippen molar-refractivity contribution in [1.29, 1.82) is 0 Å². The molecule has 0 radical (unpaired) electrons. The minimum Gasteiger partial charge on any atom is -0.379 e. The first-order chi connectivity index (χ1) is 7.69. The summed E-state index contributed by atoms with van der Waals surface area (Å²) in [5.74, 6) is 2.78. The Hall–Kier alpha value is -0.560. The van der Waals surface area contributed by atoms with Gasteiger partial charge < -0.3 is 10.1 Å². The van der Waals surface area contributed by atoms with Gasteiger partial charge in [0.15, 0.2) is 0 Å². The number of nitrogens with one attached hydrogen (secondary N) is 1. The second kappa shape index (κ2) is 6.24. The first kappa shape index (κ1) is 13.5. The van der Waals surface area contributed by atoms with Crippen molar-refractivity contribution in [1.82, 2.24) is 10.2 Å². The zero-order valence-electron chi connectivity index (χ0n) is 10.8. The second-order valence-electron chi connectivity index (χ2n) is 4.56. The Balaban J connectivity index is 2.76. The fourth-order valence-corrected chi connectivity index (χ4v) is 2.52. The zero-order chi connectivity index (χ0) is 12.0. The molecule has 3 nitrogen and oxygen atoms in total. The van der Waals surface area contributed by atoms with Crippen molar-refractivity contribution < 1.29 is 4.74 Å². The van der Waals surface area contributed by atoms with E-state index in [1.165, 1.54) is 0 Å². The van der Waals surface area contributed by atoms with Crippen molar-refractivity contribution in [2.24, 2.45) is 0 Å². The quantitative estimate of drug-likeness (QED) is 0.708. The third-order valence-corrected chi connectivity index (χ3v) is 3.87. The van der Waals surface area contributed by atoms with Crippen LogP contribution in [0.5, 0.6) is 0 Å². The molecule has 0 aromatic rings. The Morgan fingerprint density at radius 2 is 2.12 bits per heavy atom. The molecule has 0 bridgehead atoms. The van der Waals surface area contributed by atoms with E-state index in [1.807, 2.05) is 7.05 Å². The van der Waals surface area contributed by atoms with Crippen molar-refractivity contribution in [3.05, 3.63) is 0 Å². The average Bonchev–Trinajstić information content (AvgIpc) is 2.36.